The van der Waals surface area contributed by atoms with Crippen LogP contribution < -0.4 is 10.6 Å². The SMILES string of the molecule is CCN(CC)CCCC(C)NC(=NC)NCCN(C)CC(F)(F)F.I. The molecular formula is C16H35F3IN5. The number of hydrogen-bond acceptors (Lipinski definition) is 3. The van der Waals surface area contributed by atoms with Crippen LogP contribution in [0.4, 0.5) is 13.2 Å². The van der Waals surface area contributed by atoms with E-state index in [0.29, 0.717) is 19.0 Å². The summed E-state index contributed by atoms with van der Waals surface area (Å²) in [6, 6.07) is 0.264. The van der Waals surface area contributed by atoms with Gasteiger partial charge in [0.1, 0.15) is 0 Å². The number of nitrogens with zero attached hydrogens (tertiary/aromatic N) is 3. The van der Waals surface area contributed by atoms with Gasteiger partial charge in [0.25, 0.3) is 0 Å². The van der Waals surface area contributed by atoms with E-state index in [1.165, 1.54) is 11.9 Å². The lowest BCUT2D eigenvalue weighted by atomic mass is 10.2. The molecule has 0 aromatic heterocycles. The lowest BCUT2D eigenvalue weighted by molar-refractivity contribution is -0.142. The summed E-state index contributed by atoms with van der Waals surface area (Å²) >= 11 is 0. The van der Waals surface area contributed by atoms with Gasteiger partial charge in [-0.15, -0.1) is 24.0 Å². The average Bonchev–Trinajstić information content (AvgIpc) is 2.48. The predicted molar refractivity (Wildman–Crippen MR) is 110 cm³/mol. The highest BCUT2D eigenvalue weighted by Gasteiger charge is 2.28. The van der Waals surface area contributed by atoms with E-state index in [9.17, 15) is 13.2 Å². The molecule has 5 nitrogen and oxygen atoms in total. The molecule has 0 aliphatic heterocycles. The summed E-state index contributed by atoms with van der Waals surface area (Å²) in [5.41, 5.74) is 0. The van der Waals surface area contributed by atoms with Crippen LogP contribution in [0.1, 0.15) is 33.6 Å². The summed E-state index contributed by atoms with van der Waals surface area (Å²) in [6.07, 6.45) is -2.04. The molecule has 0 radical (unpaired) electrons. The van der Waals surface area contributed by atoms with Crippen molar-refractivity contribution < 1.29 is 13.2 Å². The van der Waals surface area contributed by atoms with Crippen LogP contribution in [-0.4, -0.2) is 81.3 Å². The number of alkyl halides is 3. The molecule has 1 atom stereocenters. The first-order valence-electron chi connectivity index (χ1n) is 8.66. The number of likely N-dealkylation sites (N-methyl/N-ethyl adjacent to an activating group) is 1. The Kier molecular flexibility index (Phi) is 16.0. The third-order valence-electron chi connectivity index (χ3n) is 3.85. The molecule has 0 spiro atoms. The van der Waals surface area contributed by atoms with E-state index in [1.54, 1.807) is 7.05 Å². The maximum absolute atomic E-state index is 12.3. The van der Waals surface area contributed by atoms with Crippen molar-refractivity contribution in [2.75, 3.05) is 53.4 Å². The van der Waals surface area contributed by atoms with Gasteiger partial charge in [0.15, 0.2) is 5.96 Å². The second kappa shape index (κ2) is 14.8. The topological polar surface area (TPSA) is 42.9 Å². The van der Waals surface area contributed by atoms with Gasteiger partial charge < -0.3 is 15.5 Å². The van der Waals surface area contributed by atoms with E-state index >= 15 is 0 Å². The fraction of sp³-hybridized carbons (Fsp3) is 0.938. The number of rotatable bonds is 11. The number of hydrogen-bond donors (Lipinski definition) is 2. The van der Waals surface area contributed by atoms with E-state index in [-0.39, 0.29) is 30.0 Å². The van der Waals surface area contributed by atoms with Crippen LogP contribution in [0, 0.1) is 0 Å². The van der Waals surface area contributed by atoms with E-state index in [2.05, 4.69) is 41.3 Å². The molecule has 152 valence electrons. The van der Waals surface area contributed by atoms with Crippen LogP contribution in [-0.2, 0) is 0 Å². The molecule has 0 aliphatic rings. The first kappa shape index (κ1) is 26.9. The Balaban J connectivity index is 0. The highest BCUT2D eigenvalue weighted by atomic mass is 127. The third kappa shape index (κ3) is 15.7. The van der Waals surface area contributed by atoms with Gasteiger partial charge in [-0.2, -0.15) is 13.2 Å². The Morgan fingerprint density at radius 1 is 1.16 bits per heavy atom. The lowest BCUT2D eigenvalue weighted by Gasteiger charge is -2.22. The Morgan fingerprint density at radius 3 is 2.24 bits per heavy atom. The standard InChI is InChI=1S/C16H34F3N5.HI/c1-6-24(7-2)11-8-9-14(3)22-15(20-4)21-10-12-23(5)13-16(17,18)19;/h14H,6-13H2,1-5H3,(H2,20,21,22);1H. The predicted octanol–water partition coefficient (Wildman–Crippen LogP) is 2.77. The van der Waals surface area contributed by atoms with Crippen molar-refractivity contribution in [1.82, 2.24) is 20.4 Å². The first-order valence-corrected chi connectivity index (χ1v) is 8.66. The van der Waals surface area contributed by atoms with Crippen molar-refractivity contribution in [3.63, 3.8) is 0 Å². The molecule has 9 heteroatoms. The molecule has 0 aliphatic carbocycles. The molecule has 0 amide bonds. The zero-order valence-electron chi connectivity index (χ0n) is 16.1. The van der Waals surface area contributed by atoms with Crippen LogP contribution in [0.5, 0.6) is 0 Å². The van der Waals surface area contributed by atoms with Gasteiger partial charge in [0.2, 0.25) is 0 Å². The molecule has 2 N–H and O–H groups in total. The minimum Gasteiger partial charge on any atom is -0.355 e. The molecule has 1 unspecified atom stereocenters. The molecule has 0 rings (SSSR count). The molecule has 0 saturated carbocycles. The van der Waals surface area contributed by atoms with E-state index in [4.69, 9.17) is 0 Å². The average molecular weight is 481 g/mol. The zero-order valence-corrected chi connectivity index (χ0v) is 18.4. The van der Waals surface area contributed by atoms with Gasteiger partial charge in [-0.1, -0.05) is 13.8 Å². The highest BCUT2D eigenvalue weighted by molar-refractivity contribution is 14.0. The number of halogens is 4. The van der Waals surface area contributed by atoms with E-state index < -0.39 is 12.7 Å². The van der Waals surface area contributed by atoms with Crippen molar-refractivity contribution in [2.45, 2.75) is 45.8 Å². The number of guanidine groups is 1. The lowest BCUT2D eigenvalue weighted by Crippen LogP contribution is -2.45. The molecule has 0 heterocycles. The van der Waals surface area contributed by atoms with Gasteiger partial charge in [-0.25, -0.2) is 0 Å². The Bertz CT molecular complexity index is 349. The minimum absolute atomic E-state index is 0. The van der Waals surface area contributed by atoms with Crippen LogP contribution >= 0.6 is 24.0 Å². The fourth-order valence-electron chi connectivity index (χ4n) is 2.41. The molecule has 0 aromatic carbocycles. The van der Waals surface area contributed by atoms with Crippen LogP contribution in [0.3, 0.4) is 0 Å². The number of aliphatic imine (C=N–C) groups is 1. The molecule has 0 fully saturated rings. The molecular weight excluding hydrogens is 446 g/mol. The fourth-order valence-corrected chi connectivity index (χ4v) is 2.41. The second-order valence-corrected chi connectivity index (χ2v) is 6.07. The van der Waals surface area contributed by atoms with Crippen LogP contribution in [0.15, 0.2) is 4.99 Å². The van der Waals surface area contributed by atoms with Crippen molar-refractivity contribution in [3.05, 3.63) is 0 Å². The summed E-state index contributed by atoms with van der Waals surface area (Å²) in [7, 11) is 3.12. The Labute approximate surface area is 167 Å². The zero-order chi connectivity index (χ0) is 18.6. The summed E-state index contributed by atoms with van der Waals surface area (Å²) in [5.74, 6) is 0.630. The Morgan fingerprint density at radius 2 is 1.76 bits per heavy atom. The van der Waals surface area contributed by atoms with Crippen LogP contribution in [0.2, 0.25) is 0 Å². The summed E-state index contributed by atoms with van der Waals surface area (Å²) in [6.45, 7) is 9.43. The second-order valence-electron chi connectivity index (χ2n) is 6.07. The minimum atomic E-state index is -4.16. The van der Waals surface area contributed by atoms with Gasteiger partial charge in [0, 0.05) is 26.2 Å². The van der Waals surface area contributed by atoms with Gasteiger partial charge >= 0.3 is 6.18 Å². The van der Waals surface area contributed by atoms with Crippen molar-refractivity contribution in [1.29, 1.82) is 0 Å². The summed E-state index contributed by atoms with van der Waals surface area (Å²) in [4.78, 5) is 7.75. The molecule has 0 aromatic rings. The maximum Gasteiger partial charge on any atom is 0.401 e. The maximum atomic E-state index is 12.3. The summed E-state index contributed by atoms with van der Waals surface area (Å²) in [5, 5.41) is 6.34. The van der Waals surface area contributed by atoms with Crippen molar-refractivity contribution in [3.8, 4) is 0 Å². The van der Waals surface area contributed by atoms with Crippen molar-refractivity contribution in [2.24, 2.45) is 4.99 Å². The largest absolute Gasteiger partial charge is 0.401 e. The van der Waals surface area contributed by atoms with E-state index in [0.717, 1.165) is 32.5 Å². The normalized spacial score (nSPS) is 13.8. The van der Waals surface area contributed by atoms with Gasteiger partial charge in [0.05, 0.1) is 6.54 Å². The molecule has 0 bridgehead atoms. The van der Waals surface area contributed by atoms with Crippen molar-refractivity contribution >= 4 is 29.9 Å². The van der Waals surface area contributed by atoms with E-state index in [1.807, 2.05) is 0 Å². The highest BCUT2D eigenvalue weighted by Crippen LogP contribution is 2.14. The van der Waals surface area contributed by atoms with Gasteiger partial charge in [-0.05, 0) is 46.4 Å². The van der Waals surface area contributed by atoms with Crippen LogP contribution in [0.25, 0.3) is 0 Å². The Hall–Kier alpha value is -0.290. The number of nitrogens with one attached hydrogen (secondary N) is 2. The monoisotopic (exact) mass is 481 g/mol. The third-order valence-corrected chi connectivity index (χ3v) is 3.85. The summed E-state index contributed by atoms with van der Waals surface area (Å²) < 4.78 is 36.8. The quantitative estimate of drug-likeness (QED) is 0.271. The molecule has 0 saturated heterocycles. The van der Waals surface area contributed by atoms with Gasteiger partial charge in [-0.3, -0.25) is 9.89 Å². The first-order chi connectivity index (χ1) is 11.2. The smallest absolute Gasteiger partial charge is 0.355 e. The molecule has 25 heavy (non-hydrogen) atoms.